The van der Waals surface area contributed by atoms with Crippen molar-refractivity contribution < 1.29 is 4.79 Å². The smallest absolute Gasteiger partial charge is 0.304 e. The molecule has 1 amide bonds. The summed E-state index contributed by atoms with van der Waals surface area (Å²) in [6.07, 6.45) is 1.97. The summed E-state index contributed by atoms with van der Waals surface area (Å²) in [4.78, 5) is 15.2. The zero-order chi connectivity index (χ0) is 10.4. The maximum Gasteiger partial charge on any atom is 0.304 e. The van der Waals surface area contributed by atoms with Gasteiger partial charge in [0, 0.05) is 10.6 Å². The first-order valence-corrected chi connectivity index (χ1v) is 5.26. The fourth-order valence-electron chi connectivity index (χ4n) is 0.973. The first-order chi connectivity index (χ1) is 6.76. The van der Waals surface area contributed by atoms with Crippen molar-refractivity contribution >= 4 is 23.4 Å². The first kappa shape index (κ1) is 10.6. The van der Waals surface area contributed by atoms with E-state index in [2.05, 4.69) is 10.2 Å². The molecule has 4 heteroatoms. The van der Waals surface area contributed by atoms with E-state index < -0.39 is 0 Å². The molecule has 0 aliphatic carbocycles. The van der Waals surface area contributed by atoms with Crippen LogP contribution in [0.2, 0.25) is 0 Å². The van der Waals surface area contributed by atoms with Crippen LogP contribution in [0.1, 0.15) is 0 Å². The Morgan fingerprint density at radius 2 is 2.43 bits per heavy atom. The second-order valence-electron chi connectivity index (χ2n) is 2.60. The molecule has 0 fully saturated rings. The Labute approximate surface area is 87.3 Å². The van der Waals surface area contributed by atoms with Crippen molar-refractivity contribution in [2.45, 2.75) is 4.90 Å². The number of hydrogen-bond donors (Lipinski definition) is 1. The van der Waals surface area contributed by atoms with Crippen molar-refractivity contribution in [3.05, 3.63) is 35.7 Å². The summed E-state index contributed by atoms with van der Waals surface area (Å²) in [5, 5.41) is 2.65. The minimum Gasteiger partial charge on any atom is -0.320 e. The molecule has 0 spiro atoms. The SMILES string of the molecule is [C-]#[N+]CC(=O)Nc1cccc(SC)c1. The van der Waals surface area contributed by atoms with Gasteiger partial charge < -0.3 is 10.2 Å². The third kappa shape index (κ3) is 3.11. The molecule has 0 radical (unpaired) electrons. The normalized spacial score (nSPS) is 9.14. The first-order valence-electron chi connectivity index (χ1n) is 4.03. The van der Waals surface area contributed by atoms with Crippen LogP contribution in [-0.4, -0.2) is 18.7 Å². The van der Waals surface area contributed by atoms with Crippen molar-refractivity contribution in [3.8, 4) is 0 Å². The predicted molar refractivity (Wildman–Crippen MR) is 58.3 cm³/mol. The lowest BCUT2D eigenvalue weighted by atomic mass is 10.3. The summed E-state index contributed by atoms with van der Waals surface area (Å²) in [6.45, 7) is 6.42. The molecule has 0 bridgehead atoms. The number of carbonyl (C=O) groups is 1. The molecule has 1 aromatic rings. The maximum absolute atomic E-state index is 11.1. The standard InChI is InChI=1S/C10H10N2OS/c1-11-7-10(13)12-8-4-3-5-9(6-8)14-2/h3-6H,7H2,2H3,(H,12,13). The fraction of sp³-hybridized carbons (Fsp3) is 0.200. The second kappa shape index (κ2) is 5.30. The highest BCUT2D eigenvalue weighted by Gasteiger charge is 2.03. The van der Waals surface area contributed by atoms with Crippen molar-refractivity contribution in [2.75, 3.05) is 18.1 Å². The van der Waals surface area contributed by atoms with Gasteiger partial charge in [0.05, 0.1) is 0 Å². The fourth-order valence-corrected chi connectivity index (χ4v) is 1.43. The van der Waals surface area contributed by atoms with Crippen LogP contribution < -0.4 is 5.32 Å². The molecule has 0 heterocycles. The lowest BCUT2D eigenvalue weighted by Crippen LogP contribution is -2.13. The average Bonchev–Trinajstić information content (AvgIpc) is 2.18. The monoisotopic (exact) mass is 206 g/mol. The number of benzene rings is 1. The van der Waals surface area contributed by atoms with E-state index in [1.807, 2.05) is 30.5 Å². The number of thioether (sulfide) groups is 1. The molecule has 14 heavy (non-hydrogen) atoms. The Morgan fingerprint density at radius 1 is 1.64 bits per heavy atom. The number of nitrogens with one attached hydrogen (secondary N) is 1. The van der Waals surface area contributed by atoms with Crippen molar-refractivity contribution in [1.82, 2.24) is 0 Å². The zero-order valence-corrected chi connectivity index (χ0v) is 8.60. The average molecular weight is 206 g/mol. The molecule has 0 unspecified atom stereocenters. The zero-order valence-electron chi connectivity index (χ0n) is 7.78. The van der Waals surface area contributed by atoms with E-state index in [1.165, 1.54) is 0 Å². The van der Waals surface area contributed by atoms with Gasteiger partial charge in [-0.3, -0.25) is 4.79 Å². The van der Waals surface area contributed by atoms with Crippen LogP contribution in [0.5, 0.6) is 0 Å². The number of anilines is 1. The quantitative estimate of drug-likeness (QED) is 0.608. The molecule has 0 aromatic heterocycles. The summed E-state index contributed by atoms with van der Waals surface area (Å²) < 4.78 is 0. The van der Waals surface area contributed by atoms with Gasteiger partial charge >= 0.3 is 5.91 Å². The van der Waals surface area contributed by atoms with Gasteiger partial charge in [-0.1, -0.05) is 6.07 Å². The lowest BCUT2D eigenvalue weighted by Gasteiger charge is -2.02. The molecule has 0 atom stereocenters. The largest absolute Gasteiger partial charge is 0.320 e. The van der Waals surface area contributed by atoms with E-state index in [0.29, 0.717) is 0 Å². The Morgan fingerprint density at radius 3 is 3.07 bits per heavy atom. The van der Waals surface area contributed by atoms with Crippen molar-refractivity contribution in [3.63, 3.8) is 0 Å². The number of carbonyl (C=O) groups excluding carboxylic acids is 1. The van der Waals surface area contributed by atoms with Gasteiger partial charge in [0.2, 0.25) is 0 Å². The summed E-state index contributed by atoms with van der Waals surface area (Å²) in [7, 11) is 0. The van der Waals surface area contributed by atoms with Crippen molar-refractivity contribution in [1.29, 1.82) is 0 Å². The van der Waals surface area contributed by atoms with Gasteiger partial charge in [0.15, 0.2) is 0 Å². The molecule has 3 nitrogen and oxygen atoms in total. The summed E-state index contributed by atoms with van der Waals surface area (Å²) >= 11 is 1.61. The van der Waals surface area contributed by atoms with Crippen LogP contribution in [-0.2, 0) is 4.79 Å². The van der Waals surface area contributed by atoms with E-state index in [0.717, 1.165) is 10.6 Å². The van der Waals surface area contributed by atoms with Crippen LogP contribution in [0, 0.1) is 6.57 Å². The van der Waals surface area contributed by atoms with Gasteiger partial charge in [-0.25, -0.2) is 6.57 Å². The van der Waals surface area contributed by atoms with Crippen LogP contribution in [0.15, 0.2) is 29.2 Å². The van der Waals surface area contributed by atoms with Crippen LogP contribution in [0.25, 0.3) is 4.85 Å². The molecule has 1 rings (SSSR count). The number of amides is 1. The van der Waals surface area contributed by atoms with E-state index in [-0.39, 0.29) is 12.5 Å². The third-order valence-electron chi connectivity index (χ3n) is 1.58. The lowest BCUT2D eigenvalue weighted by molar-refractivity contribution is -0.114. The van der Waals surface area contributed by atoms with Gasteiger partial charge in [-0.05, 0) is 24.5 Å². The second-order valence-corrected chi connectivity index (χ2v) is 3.48. The third-order valence-corrected chi connectivity index (χ3v) is 2.30. The van der Waals surface area contributed by atoms with E-state index >= 15 is 0 Å². The minimum atomic E-state index is -0.266. The highest BCUT2D eigenvalue weighted by Crippen LogP contribution is 2.18. The Kier molecular flexibility index (Phi) is 4.02. The number of nitrogens with zero attached hydrogens (tertiary/aromatic N) is 1. The molecule has 1 aromatic carbocycles. The maximum atomic E-state index is 11.1. The number of rotatable bonds is 3. The minimum absolute atomic E-state index is 0.122. The van der Waals surface area contributed by atoms with Gasteiger partial charge in [-0.15, -0.1) is 11.8 Å². The molecular weight excluding hydrogens is 196 g/mol. The van der Waals surface area contributed by atoms with E-state index in [9.17, 15) is 4.79 Å². The summed E-state index contributed by atoms with van der Waals surface area (Å²) in [5.41, 5.74) is 0.741. The van der Waals surface area contributed by atoms with Gasteiger partial charge in [0.1, 0.15) is 0 Å². The molecule has 0 saturated heterocycles. The van der Waals surface area contributed by atoms with Crippen LogP contribution in [0.4, 0.5) is 5.69 Å². The molecule has 0 saturated carbocycles. The highest BCUT2D eigenvalue weighted by atomic mass is 32.2. The van der Waals surface area contributed by atoms with Gasteiger partial charge in [-0.2, -0.15) is 0 Å². The van der Waals surface area contributed by atoms with E-state index in [4.69, 9.17) is 6.57 Å². The molecule has 0 aliphatic heterocycles. The van der Waals surface area contributed by atoms with Crippen LogP contribution >= 0.6 is 11.8 Å². The van der Waals surface area contributed by atoms with Crippen molar-refractivity contribution in [2.24, 2.45) is 0 Å². The molecule has 1 N–H and O–H groups in total. The summed E-state index contributed by atoms with van der Waals surface area (Å²) in [6, 6.07) is 7.53. The molecule has 72 valence electrons. The summed E-state index contributed by atoms with van der Waals surface area (Å²) in [5.74, 6) is -0.266. The highest BCUT2D eigenvalue weighted by molar-refractivity contribution is 7.98. The Balaban J connectivity index is 2.68. The van der Waals surface area contributed by atoms with Gasteiger partial charge in [0.25, 0.3) is 6.54 Å². The molecular formula is C10H10N2OS. The Bertz CT molecular complexity index is 371. The Hall–Kier alpha value is -1.47. The van der Waals surface area contributed by atoms with Crippen LogP contribution in [0.3, 0.4) is 0 Å². The molecule has 0 aliphatic rings. The van der Waals surface area contributed by atoms with E-state index in [1.54, 1.807) is 11.8 Å². The predicted octanol–water partition coefficient (Wildman–Crippen LogP) is 2.27. The number of hydrogen-bond acceptors (Lipinski definition) is 2. The topological polar surface area (TPSA) is 33.5 Å².